The van der Waals surface area contributed by atoms with Crippen molar-refractivity contribution in [3.05, 3.63) is 23.8 Å². The molecule has 2 fully saturated rings. The molecule has 0 bridgehead atoms. The van der Waals surface area contributed by atoms with Crippen molar-refractivity contribution in [2.75, 3.05) is 27.2 Å². The first-order chi connectivity index (χ1) is 10.1. The molecule has 2 N–H and O–H groups in total. The van der Waals surface area contributed by atoms with Gasteiger partial charge in [-0.25, -0.2) is 0 Å². The van der Waals surface area contributed by atoms with Crippen LogP contribution in [0, 0.1) is 0 Å². The molecule has 0 radical (unpaired) electrons. The van der Waals surface area contributed by atoms with Gasteiger partial charge in [-0.15, -0.1) is 0 Å². The standard InChI is InChI=1S/C17H26N2O2/c1-19-11-8-13(12-19)21-15-7-5-6-14(16(15)20-2)17(18)9-3-4-10-17/h5-7,13H,3-4,8-12,18H2,1-2H3. The lowest BCUT2D eigenvalue weighted by Crippen LogP contribution is -2.33. The number of nitrogens with zero attached hydrogens (tertiary/aromatic N) is 1. The van der Waals surface area contributed by atoms with Crippen molar-refractivity contribution >= 4 is 0 Å². The van der Waals surface area contributed by atoms with E-state index in [1.807, 2.05) is 12.1 Å². The number of para-hydroxylation sites is 1. The summed E-state index contributed by atoms with van der Waals surface area (Å²) in [5.41, 5.74) is 7.46. The van der Waals surface area contributed by atoms with E-state index < -0.39 is 0 Å². The van der Waals surface area contributed by atoms with Gasteiger partial charge >= 0.3 is 0 Å². The quantitative estimate of drug-likeness (QED) is 0.925. The Kier molecular flexibility index (Phi) is 4.09. The highest BCUT2D eigenvalue weighted by molar-refractivity contribution is 5.50. The van der Waals surface area contributed by atoms with Crippen LogP contribution in [-0.4, -0.2) is 38.3 Å². The molecule has 3 rings (SSSR count). The zero-order chi connectivity index (χ0) is 14.9. The molecule has 1 saturated carbocycles. The Morgan fingerprint density at radius 3 is 2.67 bits per heavy atom. The number of likely N-dealkylation sites (tertiary alicyclic amines) is 1. The van der Waals surface area contributed by atoms with E-state index in [0.717, 1.165) is 49.4 Å². The first-order valence-electron chi connectivity index (χ1n) is 7.94. The van der Waals surface area contributed by atoms with Gasteiger partial charge in [0.05, 0.1) is 7.11 Å². The number of benzene rings is 1. The highest BCUT2D eigenvalue weighted by Gasteiger charge is 2.35. The highest BCUT2D eigenvalue weighted by atomic mass is 16.5. The lowest BCUT2D eigenvalue weighted by atomic mass is 9.88. The molecule has 2 aliphatic rings. The van der Waals surface area contributed by atoms with Crippen molar-refractivity contribution in [2.45, 2.75) is 43.7 Å². The van der Waals surface area contributed by atoms with Crippen molar-refractivity contribution in [1.29, 1.82) is 0 Å². The molecule has 1 saturated heterocycles. The summed E-state index contributed by atoms with van der Waals surface area (Å²) in [5.74, 6) is 1.67. The maximum Gasteiger partial charge on any atom is 0.165 e. The molecule has 0 amide bonds. The fourth-order valence-corrected chi connectivity index (χ4v) is 3.66. The van der Waals surface area contributed by atoms with Crippen LogP contribution in [-0.2, 0) is 5.54 Å². The molecule has 21 heavy (non-hydrogen) atoms. The first-order valence-corrected chi connectivity index (χ1v) is 7.94. The fourth-order valence-electron chi connectivity index (χ4n) is 3.66. The third kappa shape index (κ3) is 2.87. The van der Waals surface area contributed by atoms with Gasteiger partial charge in [0.25, 0.3) is 0 Å². The van der Waals surface area contributed by atoms with E-state index in [1.54, 1.807) is 7.11 Å². The molecule has 1 atom stereocenters. The summed E-state index contributed by atoms with van der Waals surface area (Å²) in [6, 6.07) is 6.13. The Morgan fingerprint density at radius 1 is 1.29 bits per heavy atom. The van der Waals surface area contributed by atoms with Gasteiger partial charge in [0.15, 0.2) is 11.5 Å². The molecule has 1 unspecified atom stereocenters. The zero-order valence-corrected chi connectivity index (χ0v) is 13.1. The van der Waals surface area contributed by atoms with Crippen molar-refractivity contribution in [2.24, 2.45) is 5.73 Å². The van der Waals surface area contributed by atoms with E-state index in [1.165, 1.54) is 12.8 Å². The highest BCUT2D eigenvalue weighted by Crippen LogP contribution is 2.44. The Bertz CT molecular complexity index is 498. The van der Waals surface area contributed by atoms with Crippen LogP contribution in [0.25, 0.3) is 0 Å². The predicted molar refractivity (Wildman–Crippen MR) is 83.9 cm³/mol. The summed E-state index contributed by atoms with van der Waals surface area (Å²) in [4.78, 5) is 2.29. The number of methoxy groups -OCH3 is 1. The van der Waals surface area contributed by atoms with E-state index in [9.17, 15) is 0 Å². The van der Waals surface area contributed by atoms with Crippen molar-refractivity contribution < 1.29 is 9.47 Å². The summed E-state index contributed by atoms with van der Waals surface area (Å²) in [5, 5.41) is 0. The van der Waals surface area contributed by atoms with Crippen molar-refractivity contribution in [1.82, 2.24) is 4.90 Å². The molecular weight excluding hydrogens is 264 g/mol. The van der Waals surface area contributed by atoms with Crippen LogP contribution >= 0.6 is 0 Å². The number of rotatable bonds is 4. The maximum absolute atomic E-state index is 6.61. The Balaban J connectivity index is 1.87. The van der Waals surface area contributed by atoms with E-state index in [0.29, 0.717) is 0 Å². The molecule has 1 aliphatic heterocycles. The van der Waals surface area contributed by atoms with Crippen molar-refractivity contribution in [3.63, 3.8) is 0 Å². The number of hydrogen-bond acceptors (Lipinski definition) is 4. The normalized spacial score (nSPS) is 25.2. The summed E-state index contributed by atoms with van der Waals surface area (Å²) in [7, 11) is 3.84. The SMILES string of the molecule is COc1c(OC2CCN(C)C2)cccc1C1(N)CCCC1. The minimum Gasteiger partial charge on any atom is -0.493 e. The minimum absolute atomic E-state index is 0.247. The zero-order valence-electron chi connectivity index (χ0n) is 13.1. The van der Waals surface area contributed by atoms with Gasteiger partial charge in [-0.2, -0.15) is 0 Å². The summed E-state index contributed by atoms with van der Waals surface area (Å²) in [6.45, 7) is 2.06. The average molecular weight is 290 g/mol. The van der Waals surface area contributed by atoms with E-state index in [-0.39, 0.29) is 11.6 Å². The largest absolute Gasteiger partial charge is 0.493 e. The minimum atomic E-state index is -0.253. The summed E-state index contributed by atoms with van der Waals surface area (Å²) in [6.07, 6.45) is 5.75. The van der Waals surface area contributed by atoms with Gasteiger partial charge in [0, 0.05) is 24.2 Å². The second-order valence-electron chi connectivity index (χ2n) is 6.49. The van der Waals surface area contributed by atoms with Crippen LogP contribution in [0.5, 0.6) is 11.5 Å². The number of ether oxygens (including phenoxy) is 2. The predicted octanol–water partition coefficient (Wildman–Crippen LogP) is 2.51. The molecular formula is C17H26N2O2. The number of nitrogens with two attached hydrogens (primary N) is 1. The Morgan fingerprint density at radius 2 is 2.05 bits per heavy atom. The first kappa shape index (κ1) is 14.7. The van der Waals surface area contributed by atoms with Gasteiger partial charge < -0.3 is 20.1 Å². The van der Waals surface area contributed by atoms with E-state index >= 15 is 0 Å². The molecule has 0 aromatic heterocycles. The van der Waals surface area contributed by atoms with Crippen LogP contribution in [0.3, 0.4) is 0 Å². The smallest absolute Gasteiger partial charge is 0.165 e. The molecule has 1 aliphatic carbocycles. The fraction of sp³-hybridized carbons (Fsp3) is 0.647. The number of likely N-dealkylation sites (N-methyl/N-ethyl adjacent to an activating group) is 1. The molecule has 4 heteroatoms. The van der Waals surface area contributed by atoms with Gasteiger partial charge in [-0.05, 0) is 32.4 Å². The monoisotopic (exact) mass is 290 g/mol. The van der Waals surface area contributed by atoms with E-state index in [4.69, 9.17) is 15.2 Å². The molecule has 1 heterocycles. The molecule has 1 aromatic rings. The van der Waals surface area contributed by atoms with Gasteiger partial charge in [-0.1, -0.05) is 25.0 Å². The molecule has 0 spiro atoms. The van der Waals surface area contributed by atoms with Gasteiger partial charge in [0.2, 0.25) is 0 Å². The third-order valence-electron chi connectivity index (χ3n) is 4.86. The van der Waals surface area contributed by atoms with E-state index in [2.05, 4.69) is 18.0 Å². The van der Waals surface area contributed by atoms with Crippen LogP contribution < -0.4 is 15.2 Å². The lowest BCUT2D eigenvalue weighted by Gasteiger charge is -2.28. The summed E-state index contributed by atoms with van der Waals surface area (Å²) >= 11 is 0. The van der Waals surface area contributed by atoms with Crippen LogP contribution in [0.4, 0.5) is 0 Å². The molecule has 4 nitrogen and oxygen atoms in total. The van der Waals surface area contributed by atoms with Crippen molar-refractivity contribution in [3.8, 4) is 11.5 Å². The van der Waals surface area contributed by atoms with Crippen LogP contribution in [0.15, 0.2) is 18.2 Å². The maximum atomic E-state index is 6.61. The summed E-state index contributed by atoms with van der Waals surface area (Å²) < 4.78 is 11.9. The Hall–Kier alpha value is -1.26. The van der Waals surface area contributed by atoms with Crippen LogP contribution in [0.1, 0.15) is 37.7 Å². The second kappa shape index (κ2) is 5.85. The third-order valence-corrected chi connectivity index (χ3v) is 4.86. The van der Waals surface area contributed by atoms with Gasteiger partial charge in [-0.3, -0.25) is 0 Å². The second-order valence-corrected chi connectivity index (χ2v) is 6.49. The topological polar surface area (TPSA) is 47.7 Å². The average Bonchev–Trinajstić information content (AvgIpc) is 3.08. The lowest BCUT2D eigenvalue weighted by molar-refractivity contribution is 0.198. The number of hydrogen-bond donors (Lipinski definition) is 1. The van der Waals surface area contributed by atoms with Gasteiger partial charge in [0.1, 0.15) is 6.10 Å². The van der Waals surface area contributed by atoms with Crippen LogP contribution in [0.2, 0.25) is 0 Å². The molecule has 1 aromatic carbocycles. The molecule has 116 valence electrons. The Labute approximate surface area is 127 Å².